The lowest BCUT2D eigenvalue weighted by atomic mass is 10.2. The molecule has 0 aromatic heterocycles. The van der Waals surface area contributed by atoms with E-state index in [1.54, 1.807) is 13.2 Å². The average Bonchev–Trinajstić information content (AvgIpc) is 2.55. The molecule has 3 nitrogen and oxygen atoms in total. The lowest BCUT2D eigenvalue weighted by Crippen LogP contribution is -2.36. The molecule has 6 heteroatoms. The average molecular weight is 353 g/mol. The molecular formula is C17H18ClFN2OS. The predicted octanol–water partition coefficient (Wildman–Crippen LogP) is 4.32. The maximum atomic E-state index is 13.2. The molecule has 2 aromatic rings. The van der Waals surface area contributed by atoms with Gasteiger partial charge in [0.1, 0.15) is 5.82 Å². The molecule has 0 aliphatic heterocycles. The number of anilines is 1. The highest BCUT2D eigenvalue weighted by Gasteiger charge is 2.11. The Morgan fingerprint density at radius 3 is 2.65 bits per heavy atom. The summed E-state index contributed by atoms with van der Waals surface area (Å²) in [6.45, 7) is 1.86. The third-order valence-electron chi connectivity index (χ3n) is 3.24. The Morgan fingerprint density at radius 2 is 2.00 bits per heavy atom. The summed E-state index contributed by atoms with van der Waals surface area (Å²) < 4.78 is 18.4. The van der Waals surface area contributed by atoms with Gasteiger partial charge in [-0.3, -0.25) is 0 Å². The van der Waals surface area contributed by atoms with E-state index < -0.39 is 5.82 Å². The molecule has 2 rings (SSSR count). The zero-order valence-electron chi connectivity index (χ0n) is 12.8. The van der Waals surface area contributed by atoms with Gasteiger partial charge in [-0.2, -0.15) is 0 Å². The predicted molar refractivity (Wildman–Crippen MR) is 96.4 cm³/mol. The first-order chi connectivity index (χ1) is 11.1. The molecule has 0 saturated carbocycles. The van der Waals surface area contributed by atoms with Gasteiger partial charge in [-0.05, 0) is 36.0 Å². The third-order valence-corrected chi connectivity index (χ3v) is 3.89. The molecule has 0 atom stereocenters. The SMILES string of the molecule is COCCN(Cc1ccccc1)C(=S)Nc1ccc(F)c(Cl)c1. The maximum absolute atomic E-state index is 13.2. The van der Waals surface area contributed by atoms with E-state index in [2.05, 4.69) is 5.32 Å². The van der Waals surface area contributed by atoms with Crippen molar-refractivity contribution in [2.75, 3.05) is 25.6 Å². The number of nitrogens with zero attached hydrogens (tertiary/aromatic N) is 1. The molecule has 122 valence electrons. The maximum Gasteiger partial charge on any atom is 0.173 e. The van der Waals surface area contributed by atoms with Gasteiger partial charge in [0.2, 0.25) is 0 Å². The zero-order chi connectivity index (χ0) is 16.7. The zero-order valence-corrected chi connectivity index (χ0v) is 14.3. The largest absolute Gasteiger partial charge is 0.383 e. The highest BCUT2D eigenvalue weighted by Crippen LogP contribution is 2.20. The Morgan fingerprint density at radius 1 is 1.26 bits per heavy atom. The fourth-order valence-electron chi connectivity index (χ4n) is 2.03. The number of ether oxygens (including phenoxy) is 1. The van der Waals surface area contributed by atoms with E-state index in [1.807, 2.05) is 35.2 Å². The van der Waals surface area contributed by atoms with Crippen molar-refractivity contribution in [3.05, 3.63) is 64.9 Å². The van der Waals surface area contributed by atoms with Crippen molar-refractivity contribution in [1.82, 2.24) is 4.90 Å². The van der Waals surface area contributed by atoms with Crippen LogP contribution in [0.15, 0.2) is 48.5 Å². The fourth-order valence-corrected chi connectivity index (χ4v) is 2.49. The van der Waals surface area contributed by atoms with E-state index >= 15 is 0 Å². The molecule has 0 bridgehead atoms. The molecule has 0 aliphatic rings. The number of nitrogens with one attached hydrogen (secondary N) is 1. The van der Waals surface area contributed by atoms with Crippen LogP contribution >= 0.6 is 23.8 Å². The van der Waals surface area contributed by atoms with Crippen LogP contribution in [0.5, 0.6) is 0 Å². The first-order valence-electron chi connectivity index (χ1n) is 7.14. The second-order valence-corrected chi connectivity index (χ2v) is 5.75. The van der Waals surface area contributed by atoms with Crippen molar-refractivity contribution in [2.45, 2.75) is 6.54 Å². The number of rotatable bonds is 6. The van der Waals surface area contributed by atoms with E-state index in [-0.39, 0.29) is 5.02 Å². The normalized spacial score (nSPS) is 10.4. The lowest BCUT2D eigenvalue weighted by molar-refractivity contribution is 0.175. The minimum Gasteiger partial charge on any atom is -0.383 e. The highest BCUT2D eigenvalue weighted by molar-refractivity contribution is 7.80. The molecule has 0 heterocycles. The molecule has 1 N–H and O–H groups in total. The first kappa shape index (κ1) is 17.7. The number of hydrogen-bond acceptors (Lipinski definition) is 2. The van der Waals surface area contributed by atoms with Gasteiger partial charge < -0.3 is 15.0 Å². The van der Waals surface area contributed by atoms with Crippen molar-refractivity contribution >= 4 is 34.6 Å². The van der Waals surface area contributed by atoms with E-state index in [0.717, 1.165) is 5.56 Å². The minimum atomic E-state index is -0.455. The lowest BCUT2D eigenvalue weighted by Gasteiger charge is -2.26. The molecular weight excluding hydrogens is 335 g/mol. The summed E-state index contributed by atoms with van der Waals surface area (Å²) in [7, 11) is 1.65. The van der Waals surface area contributed by atoms with E-state index in [4.69, 9.17) is 28.6 Å². The summed E-state index contributed by atoms with van der Waals surface area (Å²) >= 11 is 11.3. The summed E-state index contributed by atoms with van der Waals surface area (Å²) in [5.74, 6) is -0.455. The Bertz CT molecular complexity index is 654. The van der Waals surface area contributed by atoms with Crippen molar-refractivity contribution in [3.63, 3.8) is 0 Å². The van der Waals surface area contributed by atoms with Crippen LogP contribution in [0.3, 0.4) is 0 Å². The van der Waals surface area contributed by atoms with Crippen LogP contribution in [0.1, 0.15) is 5.56 Å². The van der Waals surface area contributed by atoms with Gasteiger partial charge in [-0.1, -0.05) is 41.9 Å². The quantitative estimate of drug-likeness (QED) is 0.782. The summed E-state index contributed by atoms with van der Waals surface area (Å²) in [6, 6.07) is 14.4. The molecule has 0 spiro atoms. The third kappa shape index (κ3) is 5.46. The Kier molecular flexibility index (Phi) is 6.77. The molecule has 2 aromatic carbocycles. The van der Waals surface area contributed by atoms with Gasteiger partial charge in [0.25, 0.3) is 0 Å². The smallest absolute Gasteiger partial charge is 0.173 e. The van der Waals surface area contributed by atoms with Gasteiger partial charge in [0.15, 0.2) is 5.11 Å². The van der Waals surface area contributed by atoms with Crippen molar-refractivity contribution < 1.29 is 9.13 Å². The Hall–Kier alpha value is -1.69. The van der Waals surface area contributed by atoms with Gasteiger partial charge >= 0.3 is 0 Å². The van der Waals surface area contributed by atoms with Crippen molar-refractivity contribution in [3.8, 4) is 0 Å². The van der Waals surface area contributed by atoms with Crippen molar-refractivity contribution in [1.29, 1.82) is 0 Å². The number of halogens is 2. The number of thiocarbonyl (C=S) groups is 1. The molecule has 0 saturated heterocycles. The van der Waals surface area contributed by atoms with E-state index in [9.17, 15) is 4.39 Å². The molecule has 0 radical (unpaired) electrons. The van der Waals surface area contributed by atoms with Gasteiger partial charge in [0.05, 0.1) is 11.6 Å². The van der Waals surface area contributed by atoms with Crippen LogP contribution in [-0.4, -0.2) is 30.3 Å². The van der Waals surface area contributed by atoms with Crippen LogP contribution < -0.4 is 5.32 Å². The molecule has 23 heavy (non-hydrogen) atoms. The van der Waals surface area contributed by atoms with Crippen LogP contribution in [0.25, 0.3) is 0 Å². The Balaban J connectivity index is 2.07. The fraction of sp³-hybridized carbons (Fsp3) is 0.235. The van der Waals surface area contributed by atoms with E-state index in [0.29, 0.717) is 30.5 Å². The molecule has 0 fully saturated rings. The van der Waals surface area contributed by atoms with Crippen LogP contribution in [0, 0.1) is 5.82 Å². The van der Waals surface area contributed by atoms with Crippen molar-refractivity contribution in [2.24, 2.45) is 0 Å². The van der Waals surface area contributed by atoms with Gasteiger partial charge in [0, 0.05) is 25.9 Å². The monoisotopic (exact) mass is 352 g/mol. The summed E-state index contributed by atoms with van der Waals surface area (Å²) in [5.41, 5.74) is 1.79. The molecule has 0 amide bonds. The van der Waals surface area contributed by atoms with Gasteiger partial charge in [-0.15, -0.1) is 0 Å². The van der Waals surface area contributed by atoms with Crippen LogP contribution in [0.4, 0.5) is 10.1 Å². The summed E-state index contributed by atoms with van der Waals surface area (Å²) in [4.78, 5) is 1.99. The number of benzene rings is 2. The Labute approximate surface area is 146 Å². The van der Waals surface area contributed by atoms with Crippen LogP contribution in [-0.2, 0) is 11.3 Å². The van der Waals surface area contributed by atoms with E-state index in [1.165, 1.54) is 12.1 Å². The topological polar surface area (TPSA) is 24.5 Å². The standard InChI is InChI=1S/C17H18ClFN2OS/c1-22-10-9-21(12-13-5-3-2-4-6-13)17(23)20-14-7-8-16(19)15(18)11-14/h2-8,11H,9-10,12H2,1H3,(H,20,23). The summed E-state index contributed by atoms with van der Waals surface area (Å²) in [5, 5.41) is 3.69. The number of methoxy groups -OCH3 is 1. The molecule has 0 aliphatic carbocycles. The van der Waals surface area contributed by atoms with Crippen LogP contribution in [0.2, 0.25) is 5.02 Å². The molecule has 0 unspecified atom stereocenters. The highest BCUT2D eigenvalue weighted by atomic mass is 35.5. The second kappa shape index (κ2) is 8.82. The summed E-state index contributed by atoms with van der Waals surface area (Å²) in [6.07, 6.45) is 0. The first-order valence-corrected chi connectivity index (χ1v) is 7.92. The van der Waals surface area contributed by atoms with Gasteiger partial charge in [-0.25, -0.2) is 4.39 Å². The number of hydrogen-bond donors (Lipinski definition) is 1. The minimum absolute atomic E-state index is 0.0595. The second-order valence-electron chi connectivity index (χ2n) is 4.96.